The molecule has 6 heteroatoms. The summed E-state index contributed by atoms with van der Waals surface area (Å²) in [4.78, 5) is 13.1. The summed E-state index contributed by atoms with van der Waals surface area (Å²) < 4.78 is 27.3. The maximum atomic E-state index is 12.9. The van der Waals surface area contributed by atoms with Crippen LogP contribution in [-0.4, -0.2) is 31.7 Å². The molecule has 1 aliphatic heterocycles. The second kappa shape index (κ2) is 7.68. The Morgan fingerprint density at radius 1 is 0.857 bits per heavy atom. The van der Waals surface area contributed by atoms with E-state index in [1.165, 1.54) is 0 Å². The molecule has 2 aromatic rings. The number of carbonyl (C=O) groups is 1. The highest BCUT2D eigenvalue weighted by molar-refractivity contribution is 7.89. The number of hydrogen-bond acceptors (Lipinski definition) is 3. The van der Waals surface area contributed by atoms with Crippen LogP contribution >= 0.6 is 0 Å². The maximum absolute atomic E-state index is 12.9. The van der Waals surface area contributed by atoms with Crippen LogP contribution in [0, 0.1) is 0 Å². The Hall–Kier alpha value is -2.18. The Bertz CT molecular complexity index is 928. The molecule has 1 saturated heterocycles. The quantitative estimate of drug-likeness (QED) is 0.830. The van der Waals surface area contributed by atoms with E-state index < -0.39 is 15.4 Å². The molecule has 1 amide bonds. The fourth-order valence-electron chi connectivity index (χ4n) is 3.92. The van der Waals surface area contributed by atoms with E-state index in [4.69, 9.17) is 0 Å². The minimum Gasteiger partial charge on any atom is -0.325 e. The molecule has 0 bridgehead atoms. The van der Waals surface area contributed by atoms with E-state index in [0.717, 1.165) is 44.1 Å². The molecular formula is C22H26N2O3S. The van der Waals surface area contributed by atoms with Gasteiger partial charge in [0.15, 0.2) is 0 Å². The number of nitrogens with zero attached hydrogens (tertiary/aromatic N) is 1. The van der Waals surface area contributed by atoms with E-state index in [2.05, 4.69) is 5.32 Å². The number of rotatable bonds is 5. The van der Waals surface area contributed by atoms with E-state index >= 15 is 0 Å². The molecule has 0 atom stereocenters. The van der Waals surface area contributed by atoms with E-state index in [1.54, 1.807) is 28.6 Å². The highest BCUT2D eigenvalue weighted by Crippen LogP contribution is 2.48. The lowest BCUT2D eigenvalue weighted by molar-refractivity contribution is -0.118. The molecule has 1 aliphatic carbocycles. The van der Waals surface area contributed by atoms with Crippen molar-refractivity contribution in [3.05, 3.63) is 60.2 Å². The predicted molar refractivity (Wildman–Crippen MR) is 110 cm³/mol. The normalized spacial score (nSPS) is 19.6. The monoisotopic (exact) mass is 398 g/mol. The topological polar surface area (TPSA) is 66.5 Å². The van der Waals surface area contributed by atoms with Crippen molar-refractivity contribution in [2.24, 2.45) is 0 Å². The van der Waals surface area contributed by atoms with Crippen LogP contribution in [0.25, 0.3) is 0 Å². The number of amides is 1. The molecule has 28 heavy (non-hydrogen) atoms. The fourth-order valence-corrected chi connectivity index (χ4v) is 5.44. The van der Waals surface area contributed by atoms with Gasteiger partial charge in [0.1, 0.15) is 0 Å². The third-order valence-corrected chi connectivity index (χ3v) is 7.74. The summed E-state index contributed by atoms with van der Waals surface area (Å²) >= 11 is 0. The fraction of sp³-hybridized carbons (Fsp3) is 0.409. The smallest absolute Gasteiger partial charge is 0.243 e. The highest BCUT2D eigenvalue weighted by Gasteiger charge is 2.51. The second-order valence-electron chi connectivity index (χ2n) is 7.74. The van der Waals surface area contributed by atoms with Gasteiger partial charge in [-0.3, -0.25) is 4.79 Å². The average Bonchev–Trinajstić information content (AvgIpc) is 3.54. The van der Waals surface area contributed by atoms with E-state index in [0.29, 0.717) is 18.8 Å². The molecule has 1 saturated carbocycles. The molecule has 2 aliphatic rings. The van der Waals surface area contributed by atoms with E-state index in [-0.39, 0.29) is 10.8 Å². The van der Waals surface area contributed by atoms with Gasteiger partial charge >= 0.3 is 0 Å². The van der Waals surface area contributed by atoms with Gasteiger partial charge in [-0.25, -0.2) is 8.42 Å². The minimum atomic E-state index is -3.47. The molecule has 0 radical (unpaired) electrons. The standard InChI is InChI=1S/C22H26N2O3S/c25-21(22(14-15-22)18-8-4-3-5-9-18)23-19-10-12-20(13-11-19)28(26,27)24-16-6-1-2-7-17-24/h3-5,8-13H,1-2,6-7,14-17H2,(H,23,25). The number of hydrogen-bond donors (Lipinski definition) is 1. The van der Waals surface area contributed by atoms with Gasteiger partial charge in [-0.1, -0.05) is 43.2 Å². The first-order chi connectivity index (χ1) is 13.5. The zero-order valence-corrected chi connectivity index (χ0v) is 16.7. The number of anilines is 1. The van der Waals surface area contributed by atoms with Crippen LogP contribution in [0.3, 0.4) is 0 Å². The lowest BCUT2D eigenvalue weighted by Gasteiger charge is -2.20. The maximum Gasteiger partial charge on any atom is 0.243 e. The number of carbonyl (C=O) groups excluding carboxylic acids is 1. The van der Waals surface area contributed by atoms with Crippen LogP contribution < -0.4 is 5.32 Å². The molecular weight excluding hydrogens is 372 g/mol. The van der Waals surface area contributed by atoms with Crippen LogP contribution in [0.15, 0.2) is 59.5 Å². The molecule has 0 unspecified atom stereocenters. The average molecular weight is 399 g/mol. The Morgan fingerprint density at radius 3 is 2.04 bits per heavy atom. The summed E-state index contributed by atoms with van der Waals surface area (Å²) in [6.45, 7) is 1.17. The zero-order valence-electron chi connectivity index (χ0n) is 15.9. The molecule has 1 heterocycles. The molecule has 1 N–H and O–H groups in total. The van der Waals surface area contributed by atoms with E-state index in [1.807, 2.05) is 30.3 Å². The van der Waals surface area contributed by atoms with Crippen molar-refractivity contribution >= 4 is 21.6 Å². The van der Waals surface area contributed by atoms with Crippen molar-refractivity contribution in [2.45, 2.75) is 48.8 Å². The second-order valence-corrected chi connectivity index (χ2v) is 9.68. The van der Waals surface area contributed by atoms with Crippen molar-refractivity contribution < 1.29 is 13.2 Å². The van der Waals surface area contributed by atoms with Crippen LogP contribution in [0.4, 0.5) is 5.69 Å². The van der Waals surface area contributed by atoms with Crippen molar-refractivity contribution in [3.8, 4) is 0 Å². The first-order valence-corrected chi connectivity index (χ1v) is 11.4. The van der Waals surface area contributed by atoms with Gasteiger partial charge in [-0.05, 0) is 55.5 Å². The Labute approximate surface area is 166 Å². The minimum absolute atomic E-state index is 0.0261. The number of nitrogens with one attached hydrogen (secondary N) is 1. The van der Waals surface area contributed by atoms with Crippen LogP contribution in [0.1, 0.15) is 44.1 Å². The van der Waals surface area contributed by atoms with Crippen molar-refractivity contribution in [2.75, 3.05) is 18.4 Å². The van der Waals surface area contributed by atoms with Gasteiger partial charge in [0.2, 0.25) is 15.9 Å². The summed E-state index contributed by atoms with van der Waals surface area (Å²) in [7, 11) is -3.47. The van der Waals surface area contributed by atoms with Gasteiger partial charge in [-0.15, -0.1) is 0 Å². The predicted octanol–water partition coefficient (Wildman–Crippen LogP) is 3.92. The van der Waals surface area contributed by atoms with E-state index in [9.17, 15) is 13.2 Å². The highest BCUT2D eigenvalue weighted by atomic mass is 32.2. The van der Waals surface area contributed by atoms with Crippen molar-refractivity contribution in [3.63, 3.8) is 0 Å². The summed E-state index contributed by atoms with van der Waals surface area (Å²) in [5.41, 5.74) is 1.22. The summed E-state index contributed by atoms with van der Waals surface area (Å²) in [6.07, 6.45) is 5.67. The first kappa shape index (κ1) is 19.2. The largest absolute Gasteiger partial charge is 0.325 e. The Balaban J connectivity index is 1.47. The summed E-state index contributed by atoms with van der Waals surface area (Å²) in [5, 5.41) is 2.96. The third kappa shape index (κ3) is 3.71. The molecule has 0 aromatic heterocycles. The molecule has 2 aromatic carbocycles. The lowest BCUT2D eigenvalue weighted by atomic mass is 9.95. The SMILES string of the molecule is O=C(Nc1ccc(S(=O)(=O)N2CCCCCC2)cc1)C1(c2ccccc2)CC1. The molecule has 2 fully saturated rings. The lowest BCUT2D eigenvalue weighted by Crippen LogP contribution is -2.32. The Kier molecular flexibility index (Phi) is 5.25. The van der Waals surface area contributed by atoms with Crippen molar-refractivity contribution in [1.29, 1.82) is 0 Å². The molecule has 148 valence electrons. The van der Waals surface area contributed by atoms with Crippen LogP contribution in [0.2, 0.25) is 0 Å². The summed E-state index contributed by atoms with van der Waals surface area (Å²) in [6, 6.07) is 16.4. The van der Waals surface area contributed by atoms with Gasteiger partial charge < -0.3 is 5.32 Å². The Morgan fingerprint density at radius 2 is 1.46 bits per heavy atom. The molecule has 0 spiro atoms. The number of benzene rings is 2. The molecule has 4 rings (SSSR count). The van der Waals surface area contributed by atoms with Crippen molar-refractivity contribution in [1.82, 2.24) is 4.31 Å². The van der Waals surface area contributed by atoms with Gasteiger partial charge in [-0.2, -0.15) is 4.31 Å². The summed E-state index contributed by atoms with van der Waals surface area (Å²) in [5.74, 6) is -0.0261. The van der Waals surface area contributed by atoms with Crippen LogP contribution in [0.5, 0.6) is 0 Å². The van der Waals surface area contributed by atoms with Gasteiger partial charge in [0.05, 0.1) is 10.3 Å². The zero-order chi connectivity index (χ0) is 19.6. The van der Waals surface area contributed by atoms with Gasteiger partial charge in [0.25, 0.3) is 0 Å². The molecule has 5 nitrogen and oxygen atoms in total. The van der Waals surface area contributed by atoms with Crippen LogP contribution in [-0.2, 0) is 20.2 Å². The first-order valence-electron chi connectivity index (χ1n) is 10.00. The van der Waals surface area contributed by atoms with Gasteiger partial charge in [0, 0.05) is 18.8 Å². The third-order valence-electron chi connectivity index (χ3n) is 5.83. The number of sulfonamides is 1.